The van der Waals surface area contributed by atoms with Crippen molar-refractivity contribution in [3.8, 4) is 0 Å². The van der Waals surface area contributed by atoms with Crippen LogP contribution in [0.1, 0.15) is 41.2 Å². The maximum absolute atomic E-state index is 12.6. The van der Waals surface area contributed by atoms with E-state index in [4.69, 9.17) is 10.7 Å². The zero-order valence-corrected chi connectivity index (χ0v) is 17.4. The first-order valence-corrected chi connectivity index (χ1v) is 10.7. The fraction of sp³-hybridized carbons (Fsp3) is 0.381. The highest BCUT2D eigenvalue weighted by atomic mass is 32.2. The summed E-state index contributed by atoms with van der Waals surface area (Å²) in [6, 6.07) is 9.36. The van der Waals surface area contributed by atoms with Gasteiger partial charge >= 0.3 is 0 Å². The molecule has 0 radical (unpaired) electrons. The molecule has 0 spiro atoms. The van der Waals surface area contributed by atoms with Crippen LogP contribution in [0.15, 0.2) is 30.3 Å². The van der Waals surface area contributed by atoms with Crippen molar-refractivity contribution in [2.75, 3.05) is 20.1 Å². The van der Waals surface area contributed by atoms with Crippen LogP contribution in [0.5, 0.6) is 0 Å². The van der Waals surface area contributed by atoms with Gasteiger partial charge in [0.15, 0.2) is 0 Å². The van der Waals surface area contributed by atoms with Crippen LogP contribution in [0, 0.1) is 0 Å². The minimum Gasteiger partial charge on any atom is -0.366 e. The summed E-state index contributed by atoms with van der Waals surface area (Å²) in [5, 5.41) is -0.102. The first-order chi connectivity index (χ1) is 14.3. The number of aromatic nitrogens is 1. The number of fused-ring (bicyclic) bond motifs is 1. The van der Waals surface area contributed by atoms with Gasteiger partial charge in [-0.3, -0.25) is 29.1 Å². The molecule has 0 bridgehead atoms. The normalized spacial score (nSPS) is 20.2. The van der Waals surface area contributed by atoms with Gasteiger partial charge in [0, 0.05) is 37.9 Å². The van der Waals surface area contributed by atoms with E-state index in [2.05, 4.69) is 0 Å². The second-order valence-corrected chi connectivity index (χ2v) is 8.76. The van der Waals surface area contributed by atoms with E-state index >= 15 is 0 Å². The van der Waals surface area contributed by atoms with Gasteiger partial charge in [0.25, 0.3) is 11.1 Å². The van der Waals surface area contributed by atoms with Crippen LogP contribution in [0.2, 0.25) is 0 Å². The number of thioether (sulfide) groups is 1. The summed E-state index contributed by atoms with van der Waals surface area (Å²) < 4.78 is 0. The van der Waals surface area contributed by atoms with Gasteiger partial charge in [-0.15, -0.1) is 0 Å². The molecule has 2 fully saturated rings. The molecule has 2 aliphatic rings. The van der Waals surface area contributed by atoms with Gasteiger partial charge < -0.3 is 10.6 Å². The van der Waals surface area contributed by atoms with Crippen molar-refractivity contribution in [3.63, 3.8) is 0 Å². The Balaban J connectivity index is 1.45. The number of hydrogen-bond acceptors (Lipinski definition) is 6. The van der Waals surface area contributed by atoms with Crippen LogP contribution in [0.4, 0.5) is 4.79 Å². The molecule has 3 heterocycles. The number of benzene rings is 1. The van der Waals surface area contributed by atoms with E-state index in [-0.39, 0.29) is 29.4 Å². The number of primary amides is 1. The number of amides is 4. The number of rotatable bonds is 4. The Morgan fingerprint density at radius 3 is 2.53 bits per heavy atom. The maximum Gasteiger partial charge on any atom is 0.288 e. The lowest BCUT2D eigenvalue weighted by atomic mass is 9.89. The summed E-state index contributed by atoms with van der Waals surface area (Å²) in [4.78, 5) is 55.8. The molecule has 4 rings (SSSR count). The number of nitrogens with zero attached hydrogens (tertiary/aromatic N) is 3. The molecule has 8 nitrogen and oxygen atoms in total. The Bertz CT molecular complexity index is 1050. The monoisotopic (exact) mass is 426 g/mol. The average Bonchev–Trinajstić information content (AvgIpc) is 2.99. The standard InChI is InChI=1S/C21H22N4O4S/c1-24-20(28)16(30-21(24)29)11-17(26)25-8-6-12(7-9-25)18-14(19(22)27)10-13-4-2-3-5-15(13)23-18/h2-5,10,12,16H,6-9,11H2,1H3,(H2,22,27). The van der Waals surface area contributed by atoms with Crippen molar-refractivity contribution >= 4 is 45.6 Å². The Morgan fingerprint density at radius 2 is 1.90 bits per heavy atom. The third-order valence-electron chi connectivity index (χ3n) is 5.74. The van der Waals surface area contributed by atoms with Crippen LogP contribution in [-0.2, 0) is 9.59 Å². The highest BCUT2D eigenvalue weighted by Gasteiger charge is 2.39. The maximum atomic E-state index is 12.6. The van der Waals surface area contributed by atoms with Gasteiger partial charge in [0.2, 0.25) is 11.8 Å². The van der Waals surface area contributed by atoms with Crippen LogP contribution in [0.3, 0.4) is 0 Å². The number of likely N-dealkylation sites (tertiary alicyclic amines) is 1. The van der Waals surface area contributed by atoms with Crippen molar-refractivity contribution in [1.82, 2.24) is 14.8 Å². The van der Waals surface area contributed by atoms with Crippen molar-refractivity contribution in [2.24, 2.45) is 5.73 Å². The molecular weight excluding hydrogens is 404 g/mol. The Hall–Kier alpha value is -2.94. The molecule has 0 saturated carbocycles. The molecular formula is C21H22N4O4S. The number of hydrogen-bond donors (Lipinski definition) is 1. The van der Waals surface area contributed by atoms with E-state index < -0.39 is 11.2 Å². The number of nitrogens with two attached hydrogens (primary N) is 1. The lowest BCUT2D eigenvalue weighted by Crippen LogP contribution is -2.40. The quantitative estimate of drug-likeness (QED) is 0.801. The summed E-state index contributed by atoms with van der Waals surface area (Å²) in [5.41, 5.74) is 7.52. The number of carbonyl (C=O) groups is 4. The average molecular weight is 426 g/mol. The predicted molar refractivity (Wildman–Crippen MR) is 113 cm³/mol. The highest BCUT2D eigenvalue weighted by Crippen LogP contribution is 2.33. The van der Waals surface area contributed by atoms with Gasteiger partial charge in [-0.05, 0) is 25.0 Å². The van der Waals surface area contributed by atoms with Crippen LogP contribution in [0.25, 0.3) is 10.9 Å². The zero-order chi connectivity index (χ0) is 21.4. The third-order valence-corrected chi connectivity index (χ3v) is 6.86. The summed E-state index contributed by atoms with van der Waals surface area (Å²) in [7, 11) is 1.43. The third kappa shape index (κ3) is 3.77. The number of pyridine rings is 1. The minimum absolute atomic E-state index is 0.0189. The SMILES string of the molecule is CN1C(=O)SC(CC(=O)N2CCC(c3nc4ccccc4cc3C(N)=O)CC2)C1=O. The molecule has 156 valence electrons. The second kappa shape index (κ2) is 8.06. The Morgan fingerprint density at radius 1 is 1.20 bits per heavy atom. The second-order valence-electron chi connectivity index (χ2n) is 7.61. The zero-order valence-electron chi connectivity index (χ0n) is 16.5. The van der Waals surface area contributed by atoms with Gasteiger partial charge in [-0.1, -0.05) is 30.0 Å². The van der Waals surface area contributed by atoms with Crippen molar-refractivity contribution < 1.29 is 19.2 Å². The molecule has 2 aliphatic heterocycles. The molecule has 1 aromatic carbocycles. The molecule has 2 aromatic rings. The lowest BCUT2D eigenvalue weighted by molar-refractivity contribution is -0.135. The lowest BCUT2D eigenvalue weighted by Gasteiger charge is -2.32. The van der Waals surface area contributed by atoms with Crippen LogP contribution < -0.4 is 5.73 Å². The molecule has 2 saturated heterocycles. The van der Waals surface area contributed by atoms with Crippen LogP contribution >= 0.6 is 11.8 Å². The fourth-order valence-corrected chi connectivity index (χ4v) is 4.99. The molecule has 1 unspecified atom stereocenters. The van der Waals surface area contributed by atoms with Gasteiger partial charge in [-0.2, -0.15) is 0 Å². The van der Waals surface area contributed by atoms with Gasteiger partial charge in [-0.25, -0.2) is 0 Å². The van der Waals surface area contributed by atoms with Crippen molar-refractivity contribution in [2.45, 2.75) is 30.4 Å². The van der Waals surface area contributed by atoms with E-state index in [0.29, 0.717) is 37.2 Å². The molecule has 1 aromatic heterocycles. The largest absolute Gasteiger partial charge is 0.366 e. The Labute approximate surface area is 177 Å². The predicted octanol–water partition coefficient (Wildman–Crippen LogP) is 2.12. The smallest absolute Gasteiger partial charge is 0.288 e. The van der Waals surface area contributed by atoms with E-state index in [0.717, 1.165) is 27.6 Å². The van der Waals surface area contributed by atoms with E-state index in [1.54, 1.807) is 11.0 Å². The van der Waals surface area contributed by atoms with Gasteiger partial charge in [0.05, 0.1) is 16.8 Å². The highest BCUT2D eigenvalue weighted by molar-refractivity contribution is 8.15. The van der Waals surface area contributed by atoms with E-state index in [1.165, 1.54) is 7.05 Å². The topological polar surface area (TPSA) is 114 Å². The summed E-state index contributed by atoms with van der Waals surface area (Å²) in [6.45, 7) is 1.01. The summed E-state index contributed by atoms with van der Waals surface area (Å²) in [6.07, 6.45) is 1.33. The molecule has 0 aliphatic carbocycles. The van der Waals surface area contributed by atoms with E-state index in [1.807, 2.05) is 24.3 Å². The molecule has 4 amide bonds. The molecule has 9 heteroatoms. The first kappa shape index (κ1) is 20.3. The molecule has 2 N–H and O–H groups in total. The molecule has 1 atom stereocenters. The number of para-hydroxylation sites is 1. The van der Waals surface area contributed by atoms with Gasteiger partial charge in [0.1, 0.15) is 5.25 Å². The minimum atomic E-state index is -0.642. The number of piperidine rings is 1. The fourth-order valence-electron chi connectivity index (χ4n) is 4.02. The number of imide groups is 1. The van der Waals surface area contributed by atoms with Crippen molar-refractivity contribution in [3.05, 3.63) is 41.6 Å². The molecule has 30 heavy (non-hydrogen) atoms. The Kier molecular flexibility index (Phi) is 5.46. The number of carbonyl (C=O) groups excluding carboxylic acids is 4. The van der Waals surface area contributed by atoms with Crippen LogP contribution in [-0.4, -0.2) is 63.1 Å². The first-order valence-electron chi connectivity index (χ1n) is 9.80. The summed E-state index contributed by atoms with van der Waals surface area (Å²) in [5.74, 6) is -0.938. The summed E-state index contributed by atoms with van der Waals surface area (Å²) >= 11 is 0.906. The van der Waals surface area contributed by atoms with Crippen molar-refractivity contribution in [1.29, 1.82) is 0 Å². The van der Waals surface area contributed by atoms with E-state index in [9.17, 15) is 19.2 Å².